The van der Waals surface area contributed by atoms with Gasteiger partial charge >= 0.3 is 0 Å². The Hall–Kier alpha value is -0.670. The van der Waals surface area contributed by atoms with Gasteiger partial charge in [0.25, 0.3) is 0 Å². The first-order chi connectivity index (χ1) is 7.11. The van der Waals surface area contributed by atoms with Crippen LogP contribution >= 0.6 is 11.3 Å². The van der Waals surface area contributed by atoms with Crippen molar-refractivity contribution in [1.29, 1.82) is 0 Å². The van der Waals surface area contributed by atoms with E-state index in [2.05, 4.69) is 24.4 Å². The average molecular weight is 225 g/mol. The van der Waals surface area contributed by atoms with E-state index in [1.54, 1.807) is 11.3 Å². The van der Waals surface area contributed by atoms with Crippen molar-refractivity contribution in [2.24, 2.45) is 0 Å². The number of nitrogens with one attached hydrogen (secondary N) is 1. The molecule has 0 aliphatic rings. The van der Waals surface area contributed by atoms with E-state index < -0.39 is 0 Å². The van der Waals surface area contributed by atoms with Crippen molar-refractivity contribution in [1.82, 2.24) is 5.32 Å². The van der Waals surface area contributed by atoms with E-state index in [0.29, 0.717) is 19.0 Å². The highest BCUT2D eigenvalue weighted by atomic mass is 32.1. The van der Waals surface area contributed by atoms with Gasteiger partial charge in [0.2, 0.25) is 0 Å². The van der Waals surface area contributed by atoms with Gasteiger partial charge in [0.15, 0.2) is 5.78 Å². The second kappa shape index (κ2) is 6.03. The molecular weight excluding hydrogens is 206 g/mol. The topological polar surface area (TPSA) is 29.1 Å². The van der Waals surface area contributed by atoms with Crippen molar-refractivity contribution in [3.05, 3.63) is 21.9 Å². The van der Waals surface area contributed by atoms with Gasteiger partial charge in [-0.15, -0.1) is 11.3 Å². The number of carbonyl (C=O) groups is 1. The van der Waals surface area contributed by atoms with E-state index in [1.165, 1.54) is 9.75 Å². The summed E-state index contributed by atoms with van der Waals surface area (Å²) in [7, 11) is 0. The van der Waals surface area contributed by atoms with Gasteiger partial charge in [-0.1, -0.05) is 20.8 Å². The lowest BCUT2D eigenvalue weighted by Gasteiger charge is -2.05. The number of ketones is 1. The molecule has 0 saturated carbocycles. The summed E-state index contributed by atoms with van der Waals surface area (Å²) in [6.45, 7) is 6.72. The van der Waals surface area contributed by atoms with Crippen LogP contribution in [0, 0.1) is 0 Å². The molecule has 3 heteroatoms. The summed E-state index contributed by atoms with van der Waals surface area (Å²) in [5.41, 5.74) is 0. The lowest BCUT2D eigenvalue weighted by molar-refractivity contribution is -0.117. The molecule has 0 unspecified atom stereocenters. The van der Waals surface area contributed by atoms with Crippen molar-refractivity contribution in [2.45, 2.75) is 39.7 Å². The first-order valence-corrected chi connectivity index (χ1v) is 6.26. The predicted molar refractivity (Wildman–Crippen MR) is 65.5 cm³/mol. The second-order valence-corrected chi connectivity index (χ2v) is 5.23. The van der Waals surface area contributed by atoms with Crippen LogP contribution in [-0.4, -0.2) is 18.4 Å². The van der Waals surface area contributed by atoms with Gasteiger partial charge in [-0.3, -0.25) is 4.79 Å². The molecule has 0 radical (unpaired) electrons. The van der Waals surface area contributed by atoms with Gasteiger partial charge < -0.3 is 5.32 Å². The molecule has 84 valence electrons. The van der Waals surface area contributed by atoms with Crippen LogP contribution in [0.25, 0.3) is 0 Å². The molecule has 0 bridgehead atoms. The highest BCUT2D eigenvalue weighted by Crippen LogP contribution is 2.17. The van der Waals surface area contributed by atoms with Crippen LogP contribution < -0.4 is 5.32 Å². The highest BCUT2D eigenvalue weighted by Gasteiger charge is 2.06. The van der Waals surface area contributed by atoms with Crippen LogP contribution in [0.1, 0.15) is 30.5 Å². The number of rotatable bonds is 6. The zero-order chi connectivity index (χ0) is 11.3. The second-order valence-electron chi connectivity index (χ2n) is 3.97. The van der Waals surface area contributed by atoms with E-state index in [1.807, 2.05) is 13.8 Å². The maximum atomic E-state index is 11.6. The van der Waals surface area contributed by atoms with Crippen LogP contribution in [0.3, 0.4) is 0 Å². The number of aryl methyl sites for hydroxylation is 1. The quantitative estimate of drug-likeness (QED) is 0.805. The van der Waals surface area contributed by atoms with Crippen LogP contribution in [0.5, 0.6) is 0 Å². The molecule has 1 aromatic heterocycles. The number of carbonyl (C=O) groups excluding carboxylic acids is 1. The molecule has 0 spiro atoms. The van der Waals surface area contributed by atoms with Gasteiger partial charge in [-0.05, 0) is 18.6 Å². The van der Waals surface area contributed by atoms with Gasteiger partial charge in [-0.2, -0.15) is 0 Å². The Morgan fingerprint density at radius 1 is 1.40 bits per heavy atom. The van der Waals surface area contributed by atoms with Crippen LogP contribution in [0.4, 0.5) is 0 Å². The molecule has 1 N–H and O–H groups in total. The zero-order valence-electron chi connectivity index (χ0n) is 9.67. The smallest absolute Gasteiger partial charge is 0.151 e. The standard InChI is InChI=1S/C12H19NOS/c1-4-11-5-6-12(15-11)7-10(14)8-13-9(2)3/h5-6,9,13H,4,7-8H2,1-3H3. The molecule has 0 fully saturated rings. The Balaban J connectivity index is 2.37. The lowest BCUT2D eigenvalue weighted by Crippen LogP contribution is -2.29. The Labute approximate surface area is 95.7 Å². The van der Waals surface area contributed by atoms with E-state index in [9.17, 15) is 4.79 Å². The van der Waals surface area contributed by atoms with Crippen LogP contribution in [0.15, 0.2) is 12.1 Å². The summed E-state index contributed by atoms with van der Waals surface area (Å²) in [5, 5.41) is 3.14. The van der Waals surface area contributed by atoms with Crippen molar-refractivity contribution in [3.8, 4) is 0 Å². The fourth-order valence-corrected chi connectivity index (χ4v) is 2.27. The van der Waals surface area contributed by atoms with E-state index in [-0.39, 0.29) is 5.78 Å². The molecule has 0 aliphatic heterocycles. The number of Topliss-reactive ketones (excluding diaryl/α,β-unsaturated/α-hetero) is 1. The molecule has 0 aliphatic carbocycles. The maximum absolute atomic E-state index is 11.6. The molecule has 0 saturated heterocycles. The number of hydrogen-bond donors (Lipinski definition) is 1. The third-order valence-electron chi connectivity index (χ3n) is 2.14. The van der Waals surface area contributed by atoms with E-state index in [4.69, 9.17) is 0 Å². The molecule has 1 aromatic rings. The summed E-state index contributed by atoms with van der Waals surface area (Å²) >= 11 is 1.75. The number of thiophene rings is 1. The Morgan fingerprint density at radius 3 is 2.60 bits per heavy atom. The van der Waals surface area contributed by atoms with E-state index in [0.717, 1.165) is 6.42 Å². The van der Waals surface area contributed by atoms with Crippen LogP contribution in [-0.2, 0) is 17.6 Å². The fourth-order valence-electron chi connectivity index (χ4n) is 1.28. The fraction of sp³-hybridized carbons (Fsp3) is 0.583. The minimum atomic E-state index is 0.271. The third-order valence-corrected chi connectivity index (χ3v) is 3.37. The Kier molecular flexibility index (Phi) is 4.99. The summed E-state index contributed by atoms with van der Waals surface area (Å²) < 4.78 is 0. The normalized spacial score (nSPS) is 10.9. The minimum absolute atomic E-state index is 0.271. The summed E-state index contributed by atoms with van der Waals surface area (Å²) in [6, 6.07) is 4.56. The Bertz CT molecular complexity index is 317. The minimum Gasteiger partial charge on any atom is -0.308 e. The van der Waals surface area contributed by atoms with Crippen molar-refractivity contribution < 1.29 is 4.79 Å². The molecule has 0 atom stereocenters. The Morgan fingerprint density at radius 2 is 2.07 bits per heavy atom. The van der Waals surface area contributed by atoms with Crippen molar-refractivity contribution >= 4 is 17.1 Å². The largest absolute Gasteiger partial charge is 0.308 e. The molecule has 15 heavy (non-hydrogen) atoms. The van der Waals surface area contributed by atoms with Gasteiger partial charge in [0.1, 0.15) is 0 Å². The molecule has 1 heterocycles. The summed E-state index contributed by atoms with van der Waals surface area (Å²) in [5.74, 6) is 0.271. The molecular formula is C12H19NOS. The molecule has 1 rings (SSSR count). The van der Waals surface area contributed by atoms with Gasteiger partial charge in [0.05, 0.1) is 6.54 Å². The summed E-state index contributed by atoms with van der Waals surface area (Å²) in [6.07, 6.45) is 1.63. The SMILES string of the molecule is CCc1ccc(CC(=O)CNC(C)C)s1. The molecule has 0 amide bonds. The monoisotopic (exact) mass is 225 g/mol. The first kappa shape index (κ1) is 12.4. The third kappa shape index (κ3) is 4.58. The van der Waals surface area contributed by atoms with E-state index >= 15 is 0 Å². The van der Waals surface area contributed by atoms with Gasteiger partial charge in [0, 0.05) is 22.2 Å². The summed E-state index contributed by atoms with van der Waals surface area (Å²) in [4.78, 5) is 14.1. The average Bonchev–Trinajstić information content (AvgIpc) is 2.62. The molecule has 0 aromatic carbocycles. The number of hydrogen-bond acceptors (Lipinski definition) is 3. The predicted octanol–water partition coefficient (Wildman–Crippen LogP) is 2.42. The maximum Gasteiger partial charge on any atom is 0.151 e. The zero-order valence-corrected chi connectivity index (χ0v) is 10.5. The van der Waals surface area contributed by atoms with Crippen molar-refractivity contribution in [2.75, 3.05) is 6.54 Å². The highest BCUT2D eigenvalue weighted by molar-refractivity contribution is 7.12. The lowest BCUT2D eigenvalue weighted by atomic mass is 10.2. The first-order valence-electron chi connectivity index (χ1n) is 5.44. The molecule has 2 nitrogen and oxygen atoms in total. The van der Waals surface area contributed by atoms with Crippen molar-refractivity contribution in [3.63, 3.8) is 0 Å². The van der Waals surface area contributed by atoms with Gasteiger partial charge in [-0.25, -0.2) is 0 Å². The van der Waals surface area contributed by atoms with Crippen LogP contribution in [0.2, 0.25) is 0 Å².